The van der Waals surface area contributed by atoms with E-state index in [-0.39, 0.29) is 18.4 Å². The molecule has 1 aliphatic carbocycles. The van der Waals surface area contributed by atoms with Crippen molar-refractivity contribution >= 4 is 17.5 Å². The maximum atomic E-state index is 12.3. The monoisotopic (exact) mass is 298 g/mol. The summed E-state index contributed by atoms with van der Waals surface area (Å²) in [5.41, 5.74) is 1.85. The van der Waals surface area contributed by atoms with Gasteiger partial charge in [0.05, 0.1) is 17.7 Å². The summed E-state index contributed by atoms with van der Waals surface area (Å²) in [5, 5.41) is 12.2. The molecule has 2 amide bonds. The number of carbonyl (C=O) groups excluding carboxylic acids is 2. The molecule has 1 atom stereocenters. The summed E-state index contributed by atoms with van der Waals surface area (Å²) >= 11 is 0. The summed E-state index contributed by atoms with van der Waals surface area (Å²) in [6.45, 7) is 0.123. The van der Waals surface area contributed by atoms with Crippen LogP contribution >= 0.6 is 0 Å². The third-order valence-corrected chi connectivity index (χ3v) is 3.70. The molecule has 6 nitrogen and oxygen atoms in total. The number of oxime groups is 1. The van der Waals surface area contributed by atoms with Gasteiger partial charge in [-0.25, -0.2) is 0 Å². The van der Waals surface area contributed by atoms with Gasteiger partial charge in [0.15, 0.2) is 0 Å². The number of hydrogen-bond acceptors (Lipinski definition) is 5. The Kier molecular flexibility index (Phi) is 3.60. The van der Waals surface area contributed by atoms with Crippen molar-refractivity contribution < 1.29 is 19.5 Å². The van der Waals surface area contributed by atoms with E-state index in [4.69, 9.17) is 9.94 Å². The van der Waals surface area contributed by atoms with Crippen LogP contribution in [-0.2, 0) is 4.74 Å². The molecule has 1 unspecified atom stereocenters. The van der Waals surface area contributed by atoms with Crippen LogP contribution in [0.1, 0.15) is 20.7 Å². The van der Waals surface area contributed by atoms with Gasteiger partial charge in [0.2, 0.25) is 0 Å². The lowest BCUT2D eigenvalue weighted by Gasteiger charge is -2.19. The second-order valence-corrected chi connectivity index (χ2v) is 5.00. The normalized spacial score (nSPS) is 22.2. The molecule has 1 N–H and O–H groups in total. The number of carbonyl (C=O) groups is 2. The Bertz CT molecular complexity index is 698. The number of methoxy groups -OCH3 is 1. The van der Waals surface area contributed by atoms with E-state index < -0.39 is 6.10 Å². The number of nitrogens with zero attached hydrogens (tertiary/aromatic N) is 2. The van der Waals surface area contributed by atoms with Crippen molar-refractivity contribution in [3.8, 4) is 0 Å². The molecule has 1 aromatic rings. The van der Waals surface area contributed by atoms with Crippen LogP contribution in [0.5, 0.6) is 0 Å². The second-order valence-electron chi connectivity index (χ2n) is 5.00. The van der Waals surface area contributed by atoms with Crippen LogP contribution in [0.4, 0.5) is 0 Å². The SMILES string of the molecule is COC1C=CC(CN2C(=O)c3ccccc3C2=O)=CC1=NO. The van der Waals surface area contributed by atoms with Crippen molar-refractivity contribution in [2.45, 2.75) is 6.10 Å². The van der Waals surface area contributed by atoms with E-state index >= 15 is 0 Å². The number of amides is 2. The minimum absolute atomic E-state index is 0.123. The minimum Gasteiger partial charge on any atom is -0.411 e. The average molecular weight is 298 g/mol. The fourth-order valence-corrected chi connectivity index (χ4v) is 2.58. The molecule has 1 aliphatic heterocycles. The number of rotatable bonds is 3. The van der Waals surface area contributed by atoms with E-state index in [9.17, 15) is 9.59 Å². The zero-order valence-corrected chi connectivity index (χ0v) is 11.9. The van der Waals surface area contributed by atoms with Gasteiger partial charge < -0.3 is 9.94 Å². The molecule has 112 valence electrons. The van der Waals surface area contributed by atoms with Crippen molar-refractivity contribution in [2.75, 3.05) is 13.7 Å². The Labute approximate surface area is 127 Å². The van der Waals surface area contributed by atoms with Gasteiger partial charge in [-0.1, -0.05) is 23.4 Å². The lowest BCUT2D eigenvalue weighted by molar-refractivity contribution is 0.0669. The van der Waals surface area contributed by atoms with Crippen LogP contribution in [0.25, 0.3) is 0 Å². The summed E-state index contributed by atoms with van der Waals surface area (Å²) in [6.07, 6.45) is 4.64. The zero-order valence-electron chi connectivity index (χ0n) is 11.9. The highest BCUT2D eigenvalue weighted by Gasteiger charge is 2.35. The highest BCUT2D eigenvalue weighted by atomic mass is 16.5. The van der Waals surface area contributed by atoms with Crippen molar-refractivity contribution in [1.29, 1.82) is 0 Å². The minimum atomic E-state index is -0.434. The molecule has 0 saturated heterocycles. The van der Waals surface area contributed by atoms with Gasteiger partial charge in [-0.3, -0.25) is 14.5 Å². The van der Waals surface area contributed by atoms with Gasteiger partial charge >= 0.3 is 0 Å². The molecule has 0 saturated carbocycles. The predicted molar refractivity (Wildman–Crippen MR) is 79.1 cm³/mol. The van der Waals surface area contributed by atoms with E-state index in [0.717, 1.165) is 0 Å². The van der Waals surface area contributed by atoms with E-state index in [1.54, 1.807) is 42.5 Å². The average Bonchev–Trinajstić information content (AvgIpc) is 2.80. The molecule has 1 aromatic carbocycles. The molecule has 0 spiro atoms. The van der Waals surface area contributed by atoms with Crippen molar-refractivity contribution in [3.05, 3.63) is 59.2 Å². The number of ether oxygens (including phenoxy) is 1. The van der Waals surface area contributed by atoms with Gasteiger partial charge in [-0.2, -0.15) is 0 Å². The predicted octanol–water partition coefficient (Wildman–Crippen LogP) is 1.62. The standard InChI is InChI=1S/C16H14N2O4/c1-22-14-7-6-10(8-13(14)17-21)9-18-15(19)11-4-2-3-5-12(11)16(18)20/h2-8,14,21H,9H2,1H3. The van der Waals surface area contributed by atoms with Crippen molar-refractivity contribution in [1.82, 2.24) is 4.90 Å². The Balaban J connectivity index is 1.84. The number of benzene rings is 1. The van der Waals surface area contributed by atoms with E-state index in [2.05, 4.69) is 5.16 Å². The first kappa shape index (κ1) is 14.2. The van der Waals surface area contributed by atoms with Gasteiger partial charge in [-0.05, 0) is 29.9 Å². The highest BCUT2D eigenvalue weighted by molar-refractivity contribution is 6.21. The van der Waals surface area contributed by atoms with Crippen LogP contribution < -0.4 is 0 Å². The Morgan fingerprint density at radius 3 is 2.41 bits per heavy atom. The highest BCUT2D eigenvalue weighted by Crippen LogP contribution is 2.24. The smallest absolute Gasteiger partial charge is 0.261 e. The van der Waals surface area contributed by atoms with Gasteiger partial charge in [0.25, 0.3) is 11.8 Å². The van der Waals surface area contributed by atoms with E-state index in [1.807, 2.05) is 0 Å². The first-order valence-electron chi connectivity index (χ1n) is 6.74. The number of fused-ring (bicyclic) bond motifs is 1. The fraction of sp³-hybridized carbons (Fsp3) is 0.188. The molecule has 3 rings (SSSR count). The van der Waals surface area contributed by atoms with Gasteiger partial charge in [-0.15, -0.1) is 0 Å². The van der Waals surface area contributed by atoms with Crippen LogP contribution in [0.3, 0.4) is 0 Å². The lowest BCUT2D eigenvalue weighted by atomic mass is 10.0. The molecule has 2 aliphatic rings. The maximum Gasteiger partial charge on any atom is 0.261 e. The molecule has 0 radical (unpaired) electrons. The molecule has 0 aromatic heterocycles. The lowest BCUT2D eigenvalue weighted by Crippen LogP contribution is -2.33. The summed E-state index contributed by atoms with van der Waals surface area (Å²) in [6, 6.07) is 6.74. The summed E-state index contributed by atoms with van der Waals surface area (Å²) in [4.78, 5) is 25.8. The van der Waals surface area contributed by atoms with Gasteiger partial charge in [0.1, 0.15) is 11.8 Å². The zero-order chi connectivity index (χ0) is 15.7. The maximum absolute atomic E-state index is 12.3. The Morgan fingerprint density at radius 1 is 1.23 bits per heavy atom. The largest absolute Gasteiger partial charge is 0.411 e. The molecule has 0 bridgehead atoms. The molecule has 0 fully saturated rings. The van der Waals surface area contributed by atoms with Crippen LogP contribution in [0.2, 0.25) is 0 Å². The number of imide groups is 1. The van der Waals surface area contributed by atoms with Crippen molar-refractivity contribution in [2.24, 2.45) is 5.16 Å². The molecule has 6 heteroatoms. The topological polar surface area (TPSA) is 79.2 Å². The molecular formula is C16H14N2O4. The summed E-state index contributed by atoms with van der Waals surface area (Å²) in [7, 11) is 1.50. The Morgan fingerprint density at radius 2 is 1.86 bits per heavy atom. The molecule has 22 heavy (non-hydrogen) atoms. The van der Waals surface area contributed by atoms with E-state index in [0.29, 0.717) is 22.4 Å². The third-order valence-electron chi connectivity index (χ3n) is 3.70. The first-order valence-corrected chi connectivity index (χ1v) is 6.74. The van der Waals surface area contributed by atoms with Crippen LogP contribution in [0, 0.1) is 0 Å². The third kappa shape index (κ3) is 2.23. The molecule has 1 heterocycles. The summed E-state index contributed by atoms with van der Waals surface area (Å²) in [5.74, 6) is -0.627. The fourth-order valence-electron chi connectivity index (χ4n) is 2.58. The quantitative estimate of drug-likeness (QED) is 0.522. The number of hydrogen-bond donors (Lipinski definition) is 1. The Hall–Kier alpha value is -2.73. The van der Waals surface area contributed by atoms with E-state index in [1.165, 1.54) is 12.0 Å². The first-order chi connectivity index (χ1) is 10.7. The van der Waals surface area contributed by atoms with Gasteiger partial charge in [0, 0.05) is 7.11 Å². The second kappa shape index (κ2) is 5.57. The molecular weight excluding hydrogens is 284 g/mol. The van der Waals surface area contributed by atoms with Crippen LogP contribution in [-0.4, -0.2) is 47.4 Å². The van der Waals surface area contributed by atoms with Crippen molar-refractivity contribution in [3.63, 3.8) is 0 Å². The summed E-state index contributed by atoms with van der Waals surface area (Å²) < 4.78 is 5.14. The van der Waals surface area contributed by atoms with Crippen LogP contribution in [0.15, 0.2) is 53.2 Å².